The molecule has 180 valence electrons. The van der Waals surface area contributed by atoms with E-state index in [1.165, 1.54) is 21.3 Å². The molecule has 0 spiro atoms. The van der Waals surface area contributed by atoms with Crippen LogP contribution in [0.2, 0.25) is 0 Å². The van der Waals surface area contributed by atoms with Crippen LogP contribution in [0.25, 0.3) is 0 Å². The lowest BCUT2D eigenvalue weighted by molar-refractivity contribution is -0.0199. The van der Waals surface area contributed by atoms with Gasteiger partial charge in [-0.2, -0.15) is 5.10 Å². The Bertz CT molecular complexity index is 1340. The number of methoxy groups -OCH3 is 3. The highest BCUT2D eigenvalue weighted by Gasteiger charge is 2.43. The van der Waals surface area contributed by atoms with E-state index in [1.54, 1.807) is 35.3 Å². The van der Waals surface area contributed by atoms with Crippen LogP contribution in [0.3, 0.4) is 0 Å². The van der Waals surface area contributed by atoms with E-state index in [0.29, 0.717) is 29.2 Å². The normalized spacial score (nSPS) is 18.1. The summed E-state index contributed by atoms with van der Waals surface area (Å²) in [6.07, 6.45) is -0.266. The number of hydrazone groups is 1. The van der Waals surface area contributed by atoms with Crippen molar-refractivity contribution in [2.75, 3.05) is 21.3 Å². The second-order valence-electron chi connectivity index (χ2n) is 8.11. The van der Waals surface area contributed by atoms with Crippen LogP contribution >= 0.6 is 0 Å². The maximum atomic E-state index is 12.4. The lowest BCUT2D eigenvalue weighted by Gasteiger charge is -2.38. The number of aromatic hydroxyl groups is 1. The number of aromatic carboxylic acids is 1. The van der Waals surface area contributed by atoms with Gasteiger partial charge in [0.2, 0.25) is 6.23 Å². The standard InChI is InChI=1S/C26H24N2O7/c1-32-21-11-9-16(23(26(30)31)24(21)34-3)25-28-18(15-6-4-5-7-20(15)35-25)13-17(27-28)14-8-10-19(29)22(12-14)33-2/h4-12,18,25,29H,13H2,1-3H3,(H,30,31). The lowest BCUT2D eigenvalue weighted by Crippen LogP contribution is -2.34. The number of para-hydroxylation sites is 1. The van der Waals surface area contributed by atoms with Crippen molar-refractivity contribution in [3.8, 4) is 28.7 Å². The Morgan fingerprint density at radius 2 is 1.77 bits per heavy atom. The minimum absolute atomic E-state index is 0.0375. The summed E-state index contributed by atoms with van der Waals surface area (Å²) in [4.78, 5) is 12.4. The van der Waals surface area contributed by atoms with E-state index in [4.69, 9.17) is 24.0 Å². The van der Waals surface area contributed by atoms with Crippen molar-refractivity contribution in [1.29, 1.82) is 0 Å². The van der Waals surface area contributed by atoms with E-state index in [9.17, 15) is 15.0 Å². The summed E-state index contributed by atoms with van der Waals surface area (Å²) in [5.41, 5.74) is 2.84. The van der Waals surface area contributed by atoms with Crippen LogP contribution in [0.15, 0.2) is 59.7 Å². The van der Waals surface area contributed by atoms with Gasteiger partial charge in [-0.15, -0.1) is 0 Å². The zero-order chi connectivity index (χ0) is 24.7. The van der Waals surface area contributed by atoms with E-state index in [2.05, 4.69) is 0 Å². The molecule has 3 aromatic carbocycles. The molecule has 0 aliphatic carbocycles. The molecule has 2 heterocycles. The third-order valence-electron chi connectivity index (χ3n) is 6.27. The van der Waals surface area contributed by atoms with Crippen LogP contribution in [-0.2, 0) is 0 Å². The number of carboxylic acids is 1. The minimum atomic E-state index is -1.17. The van der Waals surface area contributed by atoms with Gasteiger partial charge in [-0.3, -0.25) is 0 Å². The maximum absolute atomic E-state index is 12.4. The van der Waals surface area contributed by atoms with Crippen LogP contribution < -0.4 is 18.9 Å². The Labute approximate surface area is 201 Å². The Hall–Kier alpha value is -4.40. The molecule has 0 bridgehead atoms. The molecule has 0 saturated heterocycles. The number of fused-ring (bicyclic) bond motifs is 3. The summed E-state index contributed by atoms with van der Waals surface area (Å²) in [7, 11) is 4.34. The van der Waals surface area contributed by atoms with E-state index in [1.807, 2.05) is 24.3 Å². The molecule has 0 aromatic heterocycles. The summed E-state index contributed by atoms with van der Waals surface area (Å²) in [5.74, 6) is 0.296. The highest BCUT2D eigenvalue weighted by Crippen LogP contribution is 2.49. The van der Waals surface area contributed by atoms with Crippen molar-refractivity contribution in [2.45, 2.75) is 18.7 Å². The van der Waals surface area contributed by atoms with Crippen molar-refractivity contribution in [3.63, 3.8) is 0 Å². The summed E-state index contributed by atoms with van der Waals surface area (Å²) in [6.45, 7) is 0. The minimum Gasteiger partial charge on any atom is -0.504 e. The number of hydrogen-bond acceptors (Lipinski definition) is 8. The lowest BCUT2D eigenvalue weighted by atomic mass is 9.95. The molecule has 2 N–H and O–H groups in total. The first-order valence-electron chi connectivity index (χ1n) is 10.9. The second kappa shape index (κ2) is 8.75. The summed E-state index contributed by atoms with van der Waals surface area (Å²) in [6, 6.07) is 15.9. The third kappa shape index (κ3) is 3.65. The number of hydrogen-bond donors (Lipinski definition) is 2. The van der Waals surface area contributed by atoms with Crippen LogP contribution in [0.1, 0.15) is 45.7 Å². The highest BCUT2D eigenvalue weighted by molar-refractivity contribution is 6.02. The number of carbonyl (C=O) groups is 1. The van der Waals surface area contributed by atoms with Gasteiger partial charge in [-0.25, -0.2) is 9.80 Å². The molecule has 2 unspecified atom stereocenters. The highest BCUT2D eigenvalue weighted by atomic mass is 16.5. The first-order valence-corrected chi connectivity index (χ1v) is 10.9. The SMILES string of the molecule is COc1cc(C2=NN3C(C2)c2ccccc2OC3c2ccc(OC)c(OC)c2C(=O)O)ccc1O. The largest absolute Gasteiger partial charge is 0.504 e. The molecule has 2 aliphatic heterocycles. The number of nitrogens with zero attached hydrogens (tertiary/aromatic N) is 2. The fourth-order valence-electron chi connectivity index (χ4n) is 4.64. The average Bonchev–Trinajstić information content (AvgIpc) is 3.33. The summed E-state index contributed by atoms with van der Waals surface area (Å²) >= 11 is 0. The number of phenols is 1. The van der Waals surface area contributed by atoms with Crippen molar-refractivity contribution in [1.82, 2.24) is 5.01 Å². The molecule has 5 rings (SSSR count). The second-order valence-corrected chi connectivity index (χ2v) is 8.11. The van der Waals surface area contributed by atoms with Gasteiger partial charge in [0.25, 0.3) is 0 Å². The van der Waals surface area contributed by atoms with Crippen molar-refractivity contribution in [3.05, 3.63) is 76.9 Å². The Balaban J connectivity index is 1.66. The molecule has 0 radical (unpaired) electrons. The molecule has 9 nitrogen and oxygen atoms in total. The monoisotopic (exact) mass is 476 g/mol. The molecular weight excluding hydrogens is 452 g/mol. The molecule has 0 amide bonds. The zero-order valence-electron chi connectivity index (χ0n) is 19.4. The first kappa shape index (κ1) is 22.4. The molecular formula is C26H24N2O7. The number of ether oxygens (including phenoxy) is 4. The number of benzene rings is 3. The number of carboxylic acid groups (broad SMARTS) is 1. The zero-order valence-corrected chi connectivity index (χ0v) is 19.4. The molecule has 3 aromatic rings. The van der Waals surface area contributed by atoms with E-state index < -0.39 is 12.2 Å². The van der Waals surface area contributed by atoms with Crippen molar-refractivity contribution >= 4 is 11.7 Å². The average molecular weight is 476 g/mol. The third-order valence-corrected chi connectivity index (χ3v) is 6.27. The van der Waals surface area contributed by atoms with Gasteiger partial charge >= 0.3 is 5.97 Å². The van der Waals surface area contributed by atoms with Gasteiger partial charge in [0.15, 0.2) is 23.0 Å². The molecule has 2 atom stereocenters. The molecule has 35 heavy (non-hydrogen) atoms. The van der Waals surface area contributed by atoms with Gasteiger partial charge in [-0.1, -0.05) is 18.2 Å². The molecule has 0 fully saturated rings. The van der Waals surface area contributed by atoms with Gasteiger partial charge in [0, 0.05) is 23.1 Å². The van der Waals surface area contributed by atoms with Crippen molar-refractivity contribution < 1.29 is 34.0 Å². The number of phenolic OH excluding ortho intramolecular Hbond substituents is 1. The fraction of sp³-hybridized carbons (Fsp3) is 0.231. The predicted molar refractivity (Wildman–Crippen MR) is 127 cm³/mol. The van der Waals surface area contributed by atoms with Gasteiger partial charge in [0.1, 0.15) is 11.3 Å². The van der Waals surface area contributed by atoms with Gasteiger partial charge in [0.05, 0.1) is 33.1 Å². The fourth-order valence-corrected chi connectivity index (χ4v) is 4.64. The Morgan fingerprint density at radius 3 is 2.49 bits per heavy atom. The van der Waals surface area contributed by atoms with Crippen LogP contribution in [-0.4, -0.2) is 48.2 Å². The van der Waals surface area contributed by atoms with Gasteiger partial charge < -0.3 is 29.2 Å². The van der Waals surface area contributed by atoms with E-state index in [-0.39, 0.29) is 23.1 Å². The first-order chi connectivity index (χ1) is 17.0. The quantitative estimate of drug-likeness (QED) is 0.540. The smallest absolute Gasteiger partial charge is 0.340 e. The Kier molecular flexibility index (Phi) is 5.60. The predicted octanol–water partition coefficient (Wildman–Crippen LogP) is 4.36. The van der Waals surface area contributed by atoms with Gasteiger partial charge in [-0.05, 0) is 36.4 Å². The van der Waals surface area contributed by atoms with Crippen LogP contribution in [0.5, 0.6) is 28.7 Å². The topological polar surface area (TPSA) is 110 Å². The van der Waals surface area contributed by atoms with E-state index >= 15 is 0 Å². The molecule has 2 aliphatic rings. The van der Waals surface area contributed by atoms with Crippen LogP contribution in [0.4, 0.5) is 0 Å². The maximum Gasteiger partial charge on any atom is 0.340 e. The van der Waals surface area contributed by atoms with E-state index in [0.717, 1.165) is 16.8 Å². The Morgan fingerprint density at radius 1 is 1.00 bits per heavy atom. The summed E-state index contributed by atoms with van der Waals surface area (Å²) in [5, 5.41) is 26.7. The summed E-state index contributed by atoms with van der Waals surface area (Å²) < 4.78 is 22.3. The number of rotatable bonds is 6. The molecule has 0 saturated carbocycles. The van der Waals surface area contributed by atoms with Crippen LogP contribution in [0, 0.1) is 0 Å². The van der Waals surface area contributed by atoms with Crippen molar-refractivity contribution in [2.24, 2.45) is 5.10 Å². The molecule has 9 heteroatoms.